The molecule has 116 valence electrons. The van der Waals surface area contributed by atoms with Gasteiger partial charge in [0.05, 0.1) is 5.41 Å². The van der Waals surface area contributed by atoms with Crippen LogP contribution in [0.25, 0.3) is 0 Å². The number of rotatable bonds is 9. The highest BCUT2D eigenvalue weighted by atomic mass is 16.7. The fraction of sp³-hybridized carbons (Fsp3) is 0.867. The molecule has 1 aliphatic rings. The minimum Gasteiger partial charge on any atom is -0.371 e. The van der Waals surface area contributed by atoms with Crippen LogP contribution in [0.4, 0.5) is 0 Å². The van der Waals surface area contributed by atoms with Crippen LogP contribution < -0.4 is 5.48 Å². The van der Waals surface area contributed by atoms with Gasteiger partial charge in [0.1, 0.15) is 12.4 Å². The van der Waals surface area contributed by atoms with E-state index in [1.54, 1.807) is 0 Å². The van der Waals surface area contributed by atoms with Gasteiger partial charge in [-0.05, 0) is 32.6 Å². The molecule has 0 aliphatic heterocycles. The van der Waals surface area contributed by atoms with Crippen LogP contribution in [-0.2, 0) is 19.2 Å². The summed E-state index contributed by atoms with van der Waals surface area (Å²) in [5.41, 5.74) is 2.37. The number of carbonyl (C=O) groups excluding carboxylic acids is 2. The Kier molecular flexibility index (Phi) is 7.77. The van der Waals surface area contributed by atoms with Gasteiger partial charge in [0, 0.05) is 13.2 Å². The number of hydrogen-bond acceptors (Lipinski definition) is 5. The van der Waals surface area contributed by atoms with Crippen LogP contribution in [0.1, 0.15) is 58.8 Å². The predicted molar refractivity (Wildman–Crippen MR) is 76.0 cm³/mol. The number of aldehydes is 1. The summed E-state index contributed by atoms with van der Waals surface area (Å²) in [5, 5.41) is 0. The predicted octanol–water partition coefficient (Wildman–Crippen LogP) is 2.39. The standard InChI is InChI=1S/C15H27NO4/c1-3-15(9-6-5-7-10-15)14(18)20-16-11-8-13(12-17)19-4-2/h12-13,16H,3-11H2,1-2H3. The third kappa shape index (κ3) is 4.87. The van der Waals surface area contributed by atoms with Crippen LogP contribution in [0.3, 0.4) is 0 Å². The van der Waals surface area contributed by atoms with E-state index in [0.717, 1.165) is 38.4 Å². The molecule has 0 aromatic heterocycles. The van der Waals surface area contributed by atoms with Gasteiger partial charge in [0.15, 0.2) is 0 Å². The second-order valence-corrected chi connectivity index (χ2v) is 5.40. The fourth-order valence-corrected chi connectivity index (χ4v) is 2.76. The highest BCUT2D eigenvalue weighted by Crippen LogP contribution is 2.39. The zero-order valence-corrected chi connectivity index (χ0v) is 12.7. The number of nitrogens with one attached hydrogen (secondary N) is 1. The van der Waals surface area contributed by atoms with Crippen molar-refractivity contribution < 1.29 is 19.2 Å². The summed E-state index contributed by atoms with van der Waals surface area (Å²) >= 11 is 0. The molecule has 1 N–H and O–H groups in total. The van der Waals surface area contributed by atoms with Gasteiger partial charge in [-0.2, -0.15) is 5.48 Å². The molecule has 1 unspecified atom stereocenters. The maximum absolute atomic E-state index is 12.2. The Hall–Kier alpha value is -0.940. The lowest BCUT2D eigenvalue weighted by Crippen LogP contribution is -2.38. The van der Waals surface area contributed by atoms with Crippen LogP contribution in [0.5, 0.6) is 0 Å². The minimum absolute atomic E-state index is 0.154. The van der Waals surface area contributed by atoms with Crippen LogP contribution >= 0.6 is 0 Å². The first-order valence-electron chi connectivity index (χ1n) is 7.69. The van der Waals surface area contributed by atoms with Gasteiger partial charge in [-0.3, -0.25) is 0 Å². The highest BCUT2D eigenvalue weighted by Gasteiger charge is 2.39. The summed E-state index contributed by atoms with van der Waals surface area (Å²) in [6.45, 7) is 4.82. The zero-order valence-electron chi connectivity index (χ0n) is 12.7. The summed E-state index contributed by atoms with van der Waals surface area (Å²) in [4.78, 5) is 28.1. The molecule has 0 amide bonds. The smallest absolute Gasteiger partial charge is 0.330 e. The van der Waals surface area contributed by atoms with E-state index in [-0.39, 0.29) is 11.4 Å². The third-order valence-electron chi connectivity index (χ3n) is 4.15. The van der Waals surface area contributed by atoms with Crippen LogP contribution in [0.2, 0.25) is 0 Å². The van der Waals surface area contributed by atoms with Crippen molar-refractivity contribution >= 4 is 12.3 Å². The summed E-state index contributed by atoms with van der Waals surface area (Å²) < 4.78 is 5.21. The van der Waals surface area contributed by atoms with E-state index in [1.165, 1.54) is 6.42 Å². The molecule has 1 rings (SSSR count). The summed E-state index contributed by atoms with van der Waals surface area (Å²) in [7, 11) is 0. The molecule has 0 aromatic rings. The van der Waals surface area contributed by atoms with Crippen molar-refractivity contribution in [2.24, 2.45) is 5.41 Å². The Labute approximate surface area is 121 Å². The molecule has 5 heteroatoms. The van der Waals surface area contributed by atoms with E-state index in [4.69, 9.17) is 9.57 Å². The normalized spacial score (nSPS) is 19.3. The van der Waals surface area contributed by atoms with E-state index in [0.29, 0.717) is 19.6 Å². The third-order valence-corrected chi connectivity index (χ3v) is 4.15. The van der Waals surface area contributed by atoms with E-state index >= 15 is 0 Å². The molecule has 1 fully saturated rings. The lowest BCUT2D eigenvalue weighted by molar-refractivity contribution is -0.166. The Bertz CT molecular complexity index is 300. The molecule has 0 radical (unpaired) electrons. The fourth-order valence-electron chi connectivity index (χ4n) is 2.76. The average Bonchev–Trinajstić information content (AvgIpc) is 2.50. The molecule has 0 heterocycles. The van der Waals surface area contributed by atoms with Gasteiger partial charge in [0.25, 0.3) is 0 Å². The molecular formula is C15H27NO4. The second-order valence-electron chi connectivity index (χ2n) is 5.40. The van der Waals surface area contributed by atoms with Crippen molar-refractivity contribution in [1.82, 2.24) is 5.48 Å². The quantitative estimate of drug-likeness (QED) is 0.400. The number of ether oxygens (including phenoxy) is 1. The largest absolute Gasteiger partial charge is 0.371 e. The maximum atomic E-state index is 12.2. The van der Waals surface area contributed by atoms with Crippen molar-refractivity contribution in [3.63, 3.8) is 0 Å². The lowest BCUT2D eigenvalue weighted by atomic mass is 9.72. The topological polar surface area (TPSA) is 64.6 Å². The first-order valence-corrected chi connectivity index (χ1v) is 7.69. The van der Waals surface area contributed by atoms with Gasteiger partial charge < -0.3 is 14.4 Å². The molecule has 0 bridgehead atoms. The molecule has 1 atom stereocenters. The molecule has 20 heavy (non-hydrogen) atoms. The van der Waals surface area contributed by atoms with Crippen LogP contribution in [-0.4, -0.2) is 31.5 Å². The molecule has 1 aliphatic carbocycles. The molecule has 0 aromatic carbocycles. The SMILES string of the molecule is CCOC(C=O)CCNOC(=O)C1(CC)CCCCC1. The monoisotopic (exact) mass is 285 g/mol. The molecule has 0 spiro atoms. The lowest BCUT2D eigenvalue weighted by Gasteiger charge is -2.33. The highest BCUT2D eigenvalue weighted by molar-refractivity contribution is 5.76. The first kappa shape index (κ1) is 17.1. The van der Waals surface area contributed by atoms with Crippen molar-refractivity contribution in [2.75, 3.05) is 13.2 Å². The van der Waals surface area contributed by atoms with Crippen LogP contribution in [0.15, 0.2) is 0 Å². The Morgan fingerprint density at radius 2 is 2.00 bits per heavy atom. The Balaban J connectivity index is 2.29. The maximum Gasteiger partial charge on any atom is 0.330 e. The first-order chi connectivity index (χ1) is 9.68. The Morgan fingerprint density at radius 3 is 2.55 bits per heavy atom. The van der Waals surface area contributed by atoms with E-state index in [2.05, 4.69) is 5.48 Å². The number of hydrogen-bond donors (Lipinski definition) is 1. The van der Waals surface area contributed by atoms with E-state index in [1.807, 2.05) is 13.8 Å². The molecule has 1 saturated carbocycles. The summed E-state index contributed by atoms with van der Waals surface area (Å²) in [6.07, 6.45) is 6.91. The zero-order chi connectivity index (χ0) is 14.8. The van der Waals surface area contributed by atoms with Crippen molar-refractivity contribution in [3.8, 4) is 0 Å². The van der Waals surface area contributed by atoms with Gasteiger partial charge in [0.2, 0.25) is 0 Å². The average molecular weight is 285 g/mol. The van der Waals surface area contributed by atoms with Crippen molar-refractivity contribution in [1.29, 1.82) is 0 Å². The Morgan fingerprint density at radius 1 is 1.30 bits per heavy atom. The number of hydroxylamine groups is 1. The van der Waals surface area contributed by atoms with Gasteiger partial charge in [-0.1, -0.05) is 26.2 Å². The second kappa shape index (κ2) is 9.08. The van der Waals surface area contributed by atoms with E-state index in [9.17, 15) is 9.59 Å². The van der Waals surface area contributed by atoms with Gasteiger partial charge >= 0.3 is 5.97 Å². The van der Waals surface area contributed by atoms with E-state index < -0.39 is 6.10 Å². The van der Waals surface area contributed by atoms with Gasteiger partial charge in [-0.25, -0.2) is 4.79 Å². The van der Waals surface area contributed by atoms with Gasteiger partial charge in [-0.15, -0.1) is 0 Å². The minimum atomic E-state index is -0.430. The summed E-state index contributed by atoms with van der Waals surface area (Å²) in [6, 6.07) is 0. The van der Waals surface area contributed by atoms with Crippen molar-refractivity contribution in [2.45, 2.75) is 64.9 Å². The van der Waals surface area contributed by atoms with Crippen LogP contribution in [0, 0.1) is 5.41 Å². The molecule has 0 saturated heterocycles. The summed E-state index contributed by atoms with van der Waals surface area (Å²) in [5.74, 6) is -0.154. The molecule has 5 nitrogen and oxygen atoms in total. The molecular weight excluding hydrogens is 258 g/mol. The number of carbonyl (C=O) groups is 2. The van der Waals surface area contributed by atoms with Crippen molar-refractivity contribution in [3.05, 3.63) is 0 Å².